The molecule has 0 fully saturated rings. The van der Waals surface area contributed by atoms with Gasteiger partial charge in [-0.3, -0.25) is 9.59 Å². The van der Waals surface area contributed by atoms with Crippen molar-refractivity contribution in [2.45, 2.75) is 43.5 Å². The number of carbonyl (C=O) groups is 2. The Morgan fingerprint density at radius 2 is 1.79 bits per heavy atom. The van der Waals surface area contributed by atoms with Gasteiger partial charge < -0.3 is 14.9 Å². The van der Waals surface area contributed by atoms with Gasteiger partial charge in [0.2, 0.25) is 10.0 Å². The van der Waals surface area contributed by atoms with Crippen molar-refractivity contribution in [1.29, 1.82) is 0 Å². The first-order chi connectivity index (χ1) is 13.2. The minimum absolute atomic E-state index is 0.0961. The van der Waals surface area contributed by atoms with E-state index in [1.807, 2.05) is 6.07 Å². The summed E-state index contributed by atoms with van der Waals surface area (Å²) in [5.41, 5.74) is 0. The lowest BCUT2D eigenvalue weighted by Gasteiger charge is -2.14. The Balaban J connectivity index is 2.21. The quantitative estimate of drug-likeness (QED) is 0.486. The Bertz CT molecular complexity index is 956. The molecule has 2 aromatic rings. The largest absolute Gasteiger partial charge is 0.494 e. The van der Waals surface area contributed by atoms with Gasteiger partial charge >= 0.3 is 11.9 Å². The van der Waals surface area contributed by atoms with Crippen molar-refractivity contribution in [3.05, 3.63) is 36.4 Å². The van der Waals surface area contributed by atoms with Crippen LogP contribution < -0.4 is 9.46 Å². The van der Waals surface area contributed by atoms with Crippen molar-refractivity contribution in [3.8, 4) is 5.75 Å². The van der Waals surface area contributed by atoms with E-state index in [4.69, 9.17) is 14.9 Å². The van der Waals surface area contributed by atoms with Crippen LogP contribution in [0.1, 0.15) is 32.6 Å². The molecule has 8 nitrogen and oxygen atoms in total. The average Bonchev–Trinajstić information content (AvgIpc) is 2.64. The molecule has 2 rings (SSSR count). The van der Waals surface area contributed by atoms with E-state index in [0.29, 0.717) is 17.7 Å². The van der Waals surface area contributed by atoms with Gasteiger partial charge in [-0.05, 0) is 47.9 Å². The zero-order valence-corrected chi connectivity index (χ0v) is 16.2. The summed E-state index contributed by atoms with van der Waals surface area (Å²) in [7, 11) is -4.13. The topological polar surface area (TPSA) is 130 Å². The fourth-order valence-corrected chi connectivity index (χ4v) is 3.81. The predicted molar refractivity (Wildman–Crippen MR) is 103 cm³/mol. The first-order valence-electron chi connectivity index (χ1n) is 8.86. The van der Waals surface area contributed by atoms with E-state index in [1.165, 1.54) is 12.1 Å². The number of hydrogen-bond acceptors (Lipinski definition) is 5. The molecule has 0 aliphatic rings. The van der Waals surface area contributed by atoms with E-state index in [2.05, 4.69) is 11.6 Å². The Morgan fingerprint density at radius 3 is 2.43 bits per heavy atom. The molecule has 0 spiro atoms. The van der Waals surface area contributed by atoms with Gasteiger partial charge in [-0.25, -0.2) is 8.42 Å². The van der Waals surface area contributed by atoms with Crippen LogP contribution in [0, 0.1) is 0 Å². The summed E-state index contributed by atoms with van der Waals surface area (Å²) >= 11 is 0. The summed E-state index contributed by atoms with van der Waals surface area (Å²) in [6.45, 7) is 2.67. The highest BCUT2D eigenvalue weighted by Crippen LogP contribution is 2.24. The van der Waals surface area contributed by atoms with Crippen LogP contribution in [0.4, 0.5) is 0 Å². The van der Waals surface area contributed by atoms with Gasteiger partial charge in [0.25, 0.3) is 0 Å². The lowest BCUT2D eigenvalue weighted by atomic mass is 10.1. The third-order valence-electron chi connectivity index (χ3n) is 4.10. The molecule has 0 aliphatic carbocycles. The number of fused-ring (bicyclic) bond motifs is 1. The summed E-state index contributed by atoms with van der Waals surface area (Å²) in [6.07, 6.45) is 1.15. The highest BCUT2D eigenvalue weighted by atomic mass is 32.2. The van der Waals surface area contributed by atoms with Crippen molar-refractivity contribution in [2.24, 2.45) is 0 Å². The molecule has 0 bridgehead atoms. The van der Waals surface area contributed by atoms with Crippen LogP contribution in [0.25, 0.3) is 10.8 Å². The molecule has 2 aromatic carbocycles. The number of carboxylic acid groups (broad SMARTS) is 2. The third-order valence-corrected chi connectivity index (χ3v) is 5.57. The van der Waals surface area contributed by atoms with Crippen molar-refractivity contribution < 1.29 is 33.0 Å². The number of rotatable bonds is 11. The van der Waals surface area contributed by atoms with Gasteiger partial charge in [0.15, 0.2) is 0 Å². The van der Waals surface area contributed by atoms with Gasteiger partial charge in [-0.2, -0.15) is 4.72 Å². The SMILES string of the molecule is CCCCOc1ccc2cc(S(=O)(=O)N[C@@H](CCC(=O)O)C(=O)O)ccc2c1. The zero-order valence-electron chi connectivity index (χ0n) is 15.4. The first-order valence-corrected chi connectivity index (χ1v) is 10.3. The summed E-state index contributed by atoms with van der Waals surface area (Å²) in [5, 5.41) is 19.3. The van der Waals surface area contributed by atoms with E-state index in [-0.39, 0.29) is 11.3 Å². The number of aliphatic carboxylic acids is 2. The highest BCUT2D eigenvalue weighted by Gasteiger charge is 2.26. The third kappa shape index (κ3) is 5.93. The second-order valence-electron chi connectivity index (χ2n) is 6.32. The summed E-state index contributed by atoms with van der Waals surface area (Å²) in [6, 6.07) is 8.18. The van der Waals surface area contributed by atoms with E-state index in [1.54, 1.807) is 18.2 Å². The minimum Gasteiger partial charge on any atom is -0.494 e. The zero-order chi connectivity index (χ0) is 20.7. The van der Waals surface area contributed by atoms with Gasteiger partial charge in [0.05, 0.1) is 11.5 Å². The first kappa shape index (κ1) is 21.6. The predicted octanol–water partition coefficient (Wildman–Crippen LogP) is 2.62. The van der Waals surface area contributed by atoms with Crippen LogP contribution in [-0.2, 0) is 19.6 Å². The second kappa shape index (κ2) is 9.52. The number of hydrogen-bond donors (Lipinski definition) is 3. The molecule has 0 radical (unpaired) electrons. The molecule has 0 aliphatic heterocycles. The maximum atomic E-state index is 12.5. The van der Waals surface area contributed by atoms with Crippen LogP contribution in [-0.4, -0.2) is 43.2 Å². The van der Waals surface area contributed by atoms with Crippen molar-refractivity contribution in [3.63, 3.8) is 0 Å². The molecule has 3 N–H and O–H groups in total. The molecule has 0 saturated heterocycles. The normalized spacial score (nSPS) is 12.6. The Kier molecular flexibility index (Phi) is 7.36. The Labute approximate surface area is 163 Å². The van der Waals surface area contributed by atoms with Crippen LogP contribution in [0.2, 0.25) is 0 Å². The smallest absolute Gasteiger partial charge is 0.321 e. The Morgan fingerprint density at radius 1 is 1.11 bits per heavy atom. The van der Waals surface area contributed by atoms with Gasteiger partial charge in [0, 0.05) is 6.42 Å². The Hall–Kier alpha value is -2.65. The maximum Gasteiger partial charge on any atom is 0.321 e. The maximum absolute atomic E-state index is 12.5. The molecule has 28 heavy (non-hydrogen) atoms. The van der Waals surface area contributed by atoms with Gasteiger partial charge in [-0.15, -0.1) is 0 Å². The number of sulfonamides is 1. The molecule has 152 valence electrons. The minimum atomic E-state index is -4.13. The van der Waals surface area contributed by atoms with E-state index in [9.17, 15) is 18.0 Å². The molecule has 1 atom stereocenters. The average molecular weight is 409 g/mol. The van der Waals surface area contributed by atoms with Crippen LogP contribution >= 0.6 is 0 Å². The van der Waals surface area contributed by atoms with E-state index in [0.717, 1.165) is 18.2 Å². The molecule has 0 amide bonds. The van der Waals surface area contributed by atoms with E-state index < -0.39 is 34.4 Å². The molecule has 0 heterocycles. The molecular formula is C19H23NO7S. The van der Waals surface area contributed by atoms with Crippen LogP contribution in [0.5, 0.6) is 5.75 Å². The van der Waals surface area contributed by atoms with Crippen LogP contribution in [0.15, 0.2) is 41.3 Å². The number of nitrogens with one attached hydrogen (secondary N) is 1. The summed E-state index contributed by atoms with van der Waals surface area (Å²) < 4.78 is 32.8. The molecule has 9 heteroatoms. The fraction of sp³-hybridized carbons (Fsp3) is 0.368. The molecule has 0 unspecified atom stereocenters. The lowest BCUT2D eigenvalue weighted by Crippen LogP contribution is -2.41. The van der Waals surface area contributed by atoms with Gasteiger partial charge in [-0.1, -0.05) is 25.5 Å². The summed E-state index contributed by atoms with van der Waals surface area (Å²) in [5.74, 6) is -1.94. The van der Waals surface area contributed by atoms with Gasteiger partial charge in [0.1, 0.15) is 11.8 Å². The van der Waals surface area contributed by atoms with Crippen molar-refractivity contribution in [2.75, 3.05) is 6.61 Å². The lowest BCUT2D eigenvalue weighted by molar-refractivity contribution is -0.140. The van der Waals surface area contributed by atoms with Crippen LogP contribution in [0.3, 0.4) is 0 Å². The van der Waals surface area contributed by atoms with Crippen molar-refractivity contribution >= 4 is 32.7 Å². The molecule has 0 aromatic heterocycles. The van der Waals surface area contributed by atoms with Crippen molar-refractivity contribution in [1.82, 2.24) is 4.72 Å². The summed E-state index contributed by atoms with van der Waals surface area (Å²) in [4.78, 5) is 21.8. The monoisotopic (exact) mass is 409 g/mol. The fourth-order valence-electron chi connectivity index (χ4n) is 2.55. The number of benzene rings is 2. The number of carboxylic acids is 2. The number of unbranched alkanes of at least 4 members (excludes halogenated alkanes) is 1. The highest BCUT2D eigenvalue weighted by molar-refractivity contribution is 7.89. The van der Waals surface area contributed by atoms with E-state index >= 15 is 0 Å². The second-order valence-corrected chi connectivity index (χ2v) is 8.03. The standard InChI is InChI=1S/C19H23NO7S/c1-2-3-10-27-15-6-4-14-12-16(7-5-13(14)11-15)28(25,26)20-17(19(23)24)8-9-18(21)22/h4-7,11-12,17,20H,2-3,8-10H2,1H3,(H,21,22)(H,23,24)/t17-/m0/s1. The molecular weight excluding hydrogens is 386 g/mol. The number of ether oxygens (including phenoxy) is 1. The molecule has 0 saturated carbocycles.